The highest BCUT2D eigenvalue weighted by atomic mass is 19.2. The zero-order valence-corrected chi connectivity index (χ0v) is 17.3. The lowest BCUT2D eigenvalue weighted by atomic mass is 9.73. The average molecular weight is 401 g/mol. The molecule has 1 aliphatic carbocycles. The fourth-order valence-corrected chi connectivity index (χ4v) is 4.03. The third-order valence-electron chi connectivity index (χ3n) is 5.86. The van der Waals surface area contributed by atoms with Crippen LogP contribution in [-0.2, 0) is 11.2 Å². The Bertz CT molecular complexity index is 823. The van der Waals surface area contributed by atoms with Crippen LogP contribution in [0, 0.1) is 23.5 Å². The van der Waals surface area contributed by atoms with Crippen molar-refractivity contribution in [3.05, 3.63) is 53.6 Å². The fraction of sp³-hybridized carbons (Fsp3) is 0.480. The number of rotatable bonds is 9. The second-order valence-corrected chi connectivity index (χ2v) is 8.14. The molecule has 0 aromatic heterocycles. The molecule has 0 spiro atoms. The Morgan fingerprint density at radius 1 is 0.966 bits per heavy atom. The van der Waals surface area contributed by atoms with Crippen molar-refractivity contribution in [1.29, 1.82) is 0 Å². The van der Waals surface area contributed by atoms with E-state index >= 15 is 0 Å². The van der Waals surface area contributed by atoms with Crippen molar-refractivity contribution in [1.82, 2.24) is 0 Å². The molecule has 2 nitrogen and oxygen atoms in total. The van der Waals surface area contributed by atoms with Gasteiger partial charge in [-0.25, -0.2) is 4.39 Å². The quantitative estimate of drug-likeness (QED) is 0.255. The van der Waals surface area contributed by atoms with Crippen molar-refractivity contribution in [3.63, 3.8) is 0 Å². The first-order valence-electron chi connectivity index (χ1n) is 10.8. The first-order valence-corrected chi connectivity index (χ1v) is 10.8. The molecule has 29 heavy (non-hydrogen) atoms. The molecule has 4 heteroatoms. The van der Waals surface area contributed by atoms with E-state index in [1.165, 1.54) is 30.5 Å². The van der Waals surface area contributed by atoms with Crippen LogP contribution in [0.2, 0.25) is 0 Å². The van der Waals surface area contributed by atoms with Crippen LogP contribution in [0.3, 0.4) is 0 Å². The molecule has 1 aliphatic rings. The number of aryl methyl sites for hydroxylation is 1. The van der Waals surface area contributed by atoms with Gasteiger partial charge in [-0.2, -0.15) is 4.39 Å². The zero-order valence-electron chi connectivity index (χ0n) is 17.3. The summed E-state index contributed by atoms with van der Waals surface area (Å²) in [6.07, 6.45) is 8.20. The standard InChI is InChI=1S/C25H30F2O2/c1-3-5-6-8-17-9-11-19(12-10-17)21-13-14-22(24(27)23(21)26)29-25(28)20-15-18(16-20)7-4-2/h9-14,18,20H,3-8,15-16H2,1-2H3. The van der Waals surface area contributed by atoms with Crippen molar-refractivity contribution in [2.75, 3.05) is 0 Å². The van der Waals surface area contributed by atoms with Crippen molar-refractivity contribution in [3.8, 4) is 16.9 Å². The summed E-state index contributed by atoms with van der Waals surface area (Å²) in [4.78, 5) is 12.2. The van der Waals surface area contributed by atoms with Gasteiger partial charge < -0.3 is 4.74 Å². The first-order chi connectivity index (χ1) is 14.0. The molecule has 2 aromatic carbocycles. The summed E-state index contributed by atoms with van der Waals surface area (Å²) >= 11 is 0. The summed E-state index contributed by atoms with van der Waals surface area (Å²) in [6, 6.07) is 10.4. The maximum atomic E-state index is 14.6. The number of carbonyl (C=O) groups excluding carboxylic acids is 1. The van der Waals surface area contributed by atoms with E-state index in [4.69, 9.17) is 4.74 Å². The number of esters is 1. The van der Waals surface area contributed by atoms with Crippen LogP contribution in [0.5, 0.6) is 5.75 Å². The van der Waals surface area contributed by atoms with Gasteiger partial charge >= 0.3 is 5.97 Å². The molecule has 1 saturated carbocycles. The Hall–Kier alpha value is -2.23. The van der Waals surface area contributed by atoms with Gasteiger partial charge in [0.05, 0.1) is 5.92 Å². The highest BCUT2D eigenvalue weighted by Crippen LogP contribution is 2.38. The highest BCUT2D eigenvalue weighted by Gasteiger charge is 2.35. The minimum atomic E-state index is -1.10. The van der Waals surface area contributed by atoms with Gasteiger partial charge in [0.25, 0.3) is 0 Å². The van der Waals surface area contributed by atoms with E-state index in [0.29, 0.717) is 11.5 Å². The summed E-state index contributed by atoms with van der Waals surface area (Å²) in [5, 5.41) is 0. The van der Waals surface area contributed by atoms with Crippen LogP contribution in [0.4, 0.5) is 8.78 Å². The summed E-state index contributed by atoms with van der Waals surface area (Å²) in [5.41, 5.74) is 1.98. The van der Waals surface area contributed by atoms with E-state index in [2.05, 4.69) is 13.8 Å². The van der Waals surface area contributed by atoms with Crippen LogP contribution < -0.4 is 4.74 Å². The Labute approximate surface area is 172 Å². The average Bonchev–Trinajstić information content (AvgIpc) is 2.69. The number of benzene rings is 2. The number of halogens is 2. The van der Waals surface area contributed by atoms with Gasteiger partial charge in [-0.15, -0.1) is 0 Å². The number of hydrogen-bond acceptors (Lipinski definition) is 2. The van der Waals surface area contributed by atoms with E-state index < -0.39 is 17.6 Å². The highest BCUT2D eigenvalue weighted by molar-refractivity contribution is 5.76. The van der Waals surface area contributed by atoms with Crippen LogP contribution in [0.1, 0.15) is 64.4 Å². The van der Waals surface area contributed by atoms with Crippen LogP contribution >= 0.6 is 0 Å². The molecule has 0 atom stereocenters. The van der Waals surface area contributed by atoms with E-state index in [9.17, 15) is 13.6 Å². The summed E-state index contributed by atoms with van der Waals surface area (Å²) in [6.45, 7) is 4.28. The van der Waals surface area contributed by atoms with Crippen molar-refractivity contribution >= 4 is 5.97 Å². The molecule has 0 bridgehead atoms. The number of hydrogen-bond donors (Lipinski definition) is 0. The summed E-state index contributed by atoms with van der Waals surface area (Å²) < 4.78 is 34.3. The monoisotopic (exact) mass is 400 g/mol. The number of carbonyl (C=O) groups is 1. The molecular weight excluding hydrogens is 370 g/mol. The van der Waals surface area contributed by atoms with Crippen molar-refractivity contribution in [2.24, 2.45) is 11.8 Å². The Morgan fingerprint density at radius 3 is 2.34 bits per heavy atom. The predicted octanol–water partition coefficient (Wildman–Crippen LogP) is 7.10. The second kappa shape index (κ2) is 10.00. The predicted molar refractivity (Wildman–Crippen MR) is 112 cm³/mol. The molecule has 0 heterocycles. The van der Waals surface area contributed by atoms with E-state index in [0.717, 1.165) is 38.5 Å². The smallest absolute Gasteiger partial charge is 0.314 e. The molecule has 0 N–H and O–H groups in total. The normalized spacial score (nSPS) is 18.3. The number of ether oxygens (including phenoxy) is 1. The number of unbranched alkanes of at least 4 members (excludes halogenated alkanes) is 2. The Kier molecular flexibility index (Phi) is 7.40. The maximum Gasteiger partial charge on any atom is 0.314 e. The minimum absolute atomic E-state index is 0.175. The van der Waals surface area contributed by atoms with Gasteiger partial charge in [0, 0.05) is 5.56 Å². The van der Waals surface area contributed by atoms with E-state index in [-0.39, 0.29) is 17.2 Å². The molecule has 3 rings (SSSR count). The van der Waals surface area contributed by atoms with Crippen LogP contribution in [0.25, 0.3) is 11.1 Å². The van der Waals surface area contributed by atoms with Gasteiger partial charge in [0.15, 0.2) is 11.6 Å². The Balaban J connectivity index is 1.65. The Morgan fingerprint density at radius 2 is 1.69 bits per heavy atom. The molecular formula is C25H30F2O2. The fourth-order valence-electron chi connectivity index (χ4n) is 4.03. The third-order valence-corrected chi connectivity index (χ3v) is 5.86. The lowest BCUT2D eigenvalue weighted by Gasteiger charge is -2.33. The van der Waals surface area contributed by atoms with Gasteiger partial charge in [-0.1, -0.05) is 63.8 Å². The van der Waals surface area contributed by atoms with E-state index in [1.807, 2.05) is 24.3 Å². The first kappa shape index (κ1) is 21.5. The molecule has 0 aliphatic heterocycles. The topological polar surface area (TPSA) is 26.3 Å². The lowest BCUT2D eigenvalue weighted by Crippen LogP contribution is -2.33. The molecule has 0 radical (unpaired) electrons. The van der Waals surface area contributed by atoms with Gasteiger partial charge in [-0.3, -0.25) is 4.79 Å². The zero-order chi connectivity index (χ0) is 20.8. The van der Waals surface area contributed by atoms with Gasteiger partial charge in [0.2, 0.25) is 5.82 Å². The van der Waals surface area contributed by atoms with Crippen LogP contribution in [-0.4, -0.2) is 5.97 Å². The summed E-state index contributed by atoms with van der Waals surface area (Å²) in [5.74, 6) is -2.52. The SMILES string of the molecule is CCCCCc1ccc(-c2ccc(OC(=O)C3CC(CCC)C3)c(F)c2F)cc1. The van der Waals surface area contributed by atoms with E-state index in [1.54, 1.807) is 0 Å². The molecule has 0 amide bonds. The van der Waals surface area contributed by atoms with Gasteiger partial charge in [0.1, 0.15) is 0 Å². The third kappa shape index (κ3) is 5.23. The molecule has 1 fully saturated rings. The molecule has 2 aromatic rings. The summed E-state index contributed by atoms with van der Waals surface area (Å²) in [7, 11) is 0. The maximum absolute atomic E-state index is 14.6. The van der Waals surface area contributed by atoms with Gasteiger partial charge in [-0.05, 0) is 54.9 Å². The molecule has 156 valence electrons. The molecule has 0 saturated heterocycles. The minimum Gasteiger partial charge on any atom is -0.423 e. The lowest BCUT2D eigenvalue weighted by molar-refractivity contribution is -0.143. The second-order valence-electron chi connectivity index (χ2n) is 8.14. The largest absolute Gasteiger partial charge is 0.423 e. The van der Waals surface area contributed by atoms with Crippen molar-refractivity contribution in [2.45, 2.75) is 65.2 Å². The molecule has 0 unspecified atom stereocenters. The van der Waals surface area contributed by atoms with Crippen molar-refractivity contribution < 1.29 is 18.3 Å². The van der Waals surface area contributed by atoms with Crippen LogP contribution in [0.15, 0.2) is 36.4 Å².